The smallest absolute Gasteiger partial charge is 0.326 e. The molecule has 9 heteroatoms. The number of thioether (sulfide) groups is 1. The second-order valence-corrected chi connectivity index (χ2v) is 6.79. The van der Waals surface area contributed by atoms with Crippen LogP contribution in [0.1, 0.15) is 25.3 Å². The van der Waals surface area contributed by atoms with Gasteiger partial charge in [-0.3, -0.25) is 19.3 Å². The van der Waals surface area contributed by atoms with Crippen molar-refractivity contribution in [3.8, 4) is 17.2 Å². The van der Waals surface area contributed by atoms with Gasteiger partial charge in [0.1, 0.15) is 6.54 Å². The zero-order chi connectivity index (χ0) is 20.7. The summed E-state index contributed by atoms with van der Waals surface area (Å²) >= 11 is 0.762. The summed E-state index contributed by atoms with van der Waals surface area (Å²) in [6, 6.07) is 3.32. The number of imide groups is 1. The Balaban J connectivity index is 2.20. The molecule has 0 N–H and O–H groups in total. The number of carbonyl (C=O) groups is 3. The van der Waals surface area contributed by atoms with Gasteiger partial charge in [0.05, 0.1) is 32.8 Å². The maximum atomic E-state index is 12.5. The molecule has 1 heterocycles. The first-order chi connectivity index (χ1) is 13.4. The first-order valence-corrected chi connectivity index (χ1v) is 9.47. The van der Waals surface area contributed by atoms with Gasteiger partial charge in [-0.15, -0.1) is 0 Å². The Morgan fingerprint density at radius 3 is 2.29 bits per heavy atom. The SMILES string of the molecule is CCCCOC(=O)CN1C(=O)S/C(=C/c2cc(OC)c(OC)c(OC)c2)C1=O. The highest BCUT2D eigenvalue weighted by Crippen LogP contribution is 2.40. The summed E-state index contributed by atoms with van der Waals surface area (Å²) in [5.74, 6) is 0.115. The van der Waals surface area contributed by atoms with Crippen LogP contribution in [0.25, 0.3) is 6.08 Å². The number of rotatable bonds is 9. The minimum Gasteiger partial charge on any atom is -0.493 e. The Hall–Kier alpha value is -2.68. The summed E-state index contributed by atoms with van der Waals surface area (Å²) in [5, 5.41) is -0.517. The molecule has 1 aromatic rings. The third-order valence-electron chi connectivity index (χ3n) is 3.91. The summed E-state index contributed by atoms with van der Waals surface area (Å²) in [7, 11) is 4.46. The average Bonchev–Trinajstić information content (AvgIpc) is 2.94. The van der Waals surface area contributed by atoms with Gasteiger partial charge in [0.25, 0.3) is 11.1 Å². The molecule has 0 atom stereocenters. The van der Waals surface area contributed by atoms with Crippen molar-refractivity contribution < 1.29 is 33.3 Å². The van der Waals surface area contributed by atoms with Gasteiger partial charge in [-0.1, -0.05) is 13.3 Å². The molecule has 1 aliphatic heterocycles. The lowest BCUT2D eigenvalue weighted by molar-refractivity contribution is -0.146. The molecular formula is C19H23NO7S. The van der Waals surface area contributed by atoms with Crippen LogP contribution in [0.3, 0.4) is 0 Å². The monoisotopic (exact) mass is 409 g/mol. The third-order valence-corrected chi connectivity index (χ3v) is 4.81. The van der Waals surface area contributed by atoms with E-state index in [1.54, 1.807) is 12.1 Å². The van der Waals surface area contributed by atoms with Crippen molar-refractivity contribution in [3.63, 3.8) is 0 Å². The Kier molecular flexibility index (Phi) is 7.74. The maximum Gasteiger partial charge on any atom is 0.326 e. The van der Waals surface area contributed by atoms with E-state index in [1.165, 1.54) is 27.4 Å². The van der Waals surface area contributed by atoms with Gasteiger partial charge in [0, 0.05) is 0 Å². The van der Waals surface area contributed by atoms with Crippen LogP contribution in [0.4, 0.5) is 4.79 Å². The van der Waals surface area contributed by atoms with E-state index in [-0.39, 0.29) is 11.5 Å². The normalized spacial score (nSPS) is 15.1. The molecule has 28 heavy (non-hydrogen) atoms. The van der Waals surface area contributed by atoms with E-state index in [4.69, 9.17) is 18.9 Å². The summed E-state index contributed by atoms with van der Waals surface area (Å²) < 4.78 is 20.9. The van der Waals surface area contributed by atoms with Crippen LogP contribution < -0.4 is 14.2 Å². The van der Waals surface area contributed by atoms with Crippen molar-refractivity contribution in [2.45, 2.75) is 19.8 Å². The molecule has 1 aromatic carbocycles. The van der Waals surface area contributed by atoms with Gasteiger partial charge in [0.15, 0.2) is 11.5 Å². The van der Waals surface area contributed by atoms with Crippen LogP contribution in [0.15, 0.2) is 17.0 Å². The molecule has 0 unspecified atom stereocenters. The quantitative estimate of drug-likeness (QED) is 0.349. The number of benzene rings is 1. The predicted octanol–water partition coefficient (Wildman–Crippen LogP) is 3.09. The molecule has 0 aromatic heterocycles. The second kappa shape index (κ2) is 10.0. The van der Waals surface area contributed by atoms with Gasteiger partial charge in [-0.25, -0.2) is 0 Å². The molecule has 1 aliphatic rings. The van der Waals surface area contributed by atoms with Crippen LogP contribution in [0.2, 0.25) is 0 Å². The zero-order valence-corrected chi connectivity index (χ0v) is 17.1. The Morgan fingerprint density at radius 1 is 1.11 bits per heavy atom. The number of amides is 2. The minimum absolute atomic E-state index is 0.195. The molecule has 152 valence electrons. The van der Waals surface area contributed by atoms with E-state index in [1.807, 2.05) is 6.92 Å². The fourth-order valence-corrected chi connectivity index (χ4v) is 3.32. The molecule has 0 spiro atoms. The van der Waals surface area contributed by atoms with E-state index in [0.29, 0.717) is 22.8 Å². The highest BCUT2D eigenvalue weighted by molar-refractivity contribution is 8.18. The fourth-order valence-electron chi connectivity index (χ4n) is 2.48. The standard InChI is InChI=1S/C19H23NO7S/c1-5-6-7-27-16(21)11-20-18(22)15(28-19(20)23)10-12-8-13(24-2)17(26-4)14(9-12)25-3/h8-10H,5-7,11H2,1-4H3/b15-10+. The van der Waals surface area contributed by atoms with Crippen molar-refractivity contribution in [3.05, 3.63) is 22.6 Å². The number of unbranched alkanes of at least 4 members (excludes halogenated alkanes) is 1. The van der Waals surface area contributed by atoms with Gasteiger partial charge >= 0.3 is 5.97 Å². The number of esters is 1. The van der Waals surface area contributed by atoms with Crippen LogP contribution in [0.5, 0.6) is 17.2 Å². The fraction of sp³-hybridized carbons (Fsp3) is 0.421. The lowest BCUT2D eigenvalue weighted by Crippen LogP contribution is -2.34. The molecule has 2 amide bonds. The van der Waals surface area contributed by atoms with Gasteiger partial charge < -0.3 is 18.9 Å². The molecule has 1 fully saturated rings. The van der Waals surface area contributed by atoms with Gasteiger partial charge in [0.2, 0.25) is 5.75 Å². The summed E-state index contributed by atoms with van der Waals surface area (Å²) in [4.78, 5) is 37.6. The van der Waals surface area contributed by atoms with Gasteiger partial charge in [-0.2, -0.15) is 0 Å². The lowest BCUT2D eigenvalue weighted by atomic mass is 10.1. The van der Waals surface area contributed by atoms with Crippen molar-refractivity contribution in [1.82, 2.24) is 4.90 Å². The Bertz CT molecular complexity index is 765. The zero-order valence-electron chi connectivity index (χ0n) is 16.3. The maximum absolute atomic E-state index is 12.5. The number of ether oxygens (including phenoxy) is 4. The summed E-state index contributed by atoms with van der Waals surface area (Å²) in [6.07, 6.45) is 3.15. The van der Waals surface area contributed by atoms with Crippen molar-refractivity contribution in [1.29, 1.82) is 0 Å². The number of methoxy groups -OCH3 is 3. The Morgan fingerprint density at radius 2 is 1.75 bits per heavy atom. The number of hydrogen-bond acceptors (Lipinski definition) is 8. The molecule has 0 radical (unpaired) electrons. The molecule has 1 saturated heterocycles. The Labute approximate surface area is 167 Å². The van der Waals surface area contributed by atoms with Crippen LogP contribution in [0, 0.1) is 0 Å². The average molecular weight is 409 g/mol. The first-order valence-electron chi connectivity index (χ1n) is 8.66. The van der Waals surface area contributed by atoms with Crippen molar-refractivity contribution >= 4 is 35.0 Å². The highest BCUT2D eigenvalue weighted by atomic mass is 32.2. The van der Waals surface area contributed by atoms with Gasteiger partial charge in [-0.05, 0) is 42.0 Å². The van der Waals surface area contributed by atoms with E-state index < -0.39 is 23.7 Å². The van der Waals surface area contributed by atoms with Crippen LogP contribution in [-0.2, 0) is 14.3 Å². The molecule has 0 saturated carbocycles. The molecule has 0 bridgehead atoms. The number of nitrogens with zero attached hydrogens (tertiary/aromatic N) is 1. The summed E-state index contributed by atoms with van der Waals surface area (Å²) in [6.45, 7) is 1.84. The first kappa shape index (κ1) is 21.6. The van der Waals surface area contributed by atoms with Crippen LogP contribution >= 0.6 is 11.8 Å². The van der Waals surface area contributed by atoms with E-state index >= 15 is 0 Å². The number of carbonyl (C=O) groups excluding carboxylic acids is 3. The topological polar surface area (TPSA) is 91.4 Å². The van der Waals surface area contributed by atoms with Crippen molar-refractivity contribution in [2.75, 3.05) is 34.5 Å². The lowest BCUT2D eigenvalue weighted by Gasteiger charge is -2.13. The predicted molar refractivity (Wildman–Crippen MR) is 105 cm³/mol. The summed E-state index contributed by atoms with van der Waals surface area (Å²) in [5.41, 5.74) is 0.588. The molecule has 0 aliphatic carbocycles. The van der Waals surface area contributed by atoms with Crippen molar-refractivity contribution in [2.24, 2.45) is 0 Å². The van der Waals surface area contributed by atoms with E-state index in [2.05, 4.69) is 0 Å². The minimum atomic E-state index is -0.607. The van der Waals surface area contributed by atoms with E-state index in [0.717, 1.165) is 29.5 Å². The van der Waals surface area contributed by atoms with Crippen LogP contribution in [-0.4, -0.2) is 56.5 Å². The molecule has 2 rings (SSSR count). The molecule has 8 nitrogen and oxygen atoms in total. The largest absolute Gasteiger partial charge is 0.493 e. The van der Waals surface area contributed by atoms with E-state index in [9.17, 15) is 14.4 Å². The highest BCUT2D eigenvalue weighted by Gasteiger charge is 2.36. The third kappa shape index (κ3) is 4.98. The number of hydrogen-bond donors (Lipinski definition) is 0. The second-order valence-electron chi connectivity index (χ2n) is 5.80. The molecular weight excluding hydrogens is 386 g/mol.